The Hall–Kier alpha value is -3.04. The Labute approximate surface area is 134 Å². The van der Waals surface area contributed by atoms with Gasteiger partial charge in [-0.1, -0.05) is 0 Å². The highest BCUT2D eigenvalue weighted by atomic mass is 19.3. The summed E-state index contributed by atoms with van der Waals surface area (Å²) in [6.07, 6.45) is 1.09. The van der Waals surface area contributed by atoms with Gasteiger partial charge in [0.25, 0.3) is 0 Å². The summed E-state index contributed by atoms with van der Waals surface area (Å²) in [5, 5.41) is 13.7. The van der Waals surface area contributed by atoms with Crippen molar-refractivity contribution in [3.05, 3.63) is 52.1 Å². The fourth-order valence-electron chi connectivity index (χ4n) is 1.89. The molecule has 1 aromatic heterocycles. The van der Waals surface area contributed by atoms with E-state index in [1.54, 1.807) is 0 Å². The molecule has 10 heteroatoms. The summed E-state index contributed by atoms with van der Waals surface area (Å²) in [6, 6.07) is 4.84. The van der Waals surface area contributed by atoms with Crippen molar-refractivity contribution in [2.24, 2.45) is 0 Å². The average Bonchev–Trinajstić information content (AvgIpc) is 2.52. The van der Waals surface area contributed by atoms with Crippen LogP contribution in [0.15, 0.2) is 30.5 Å². The molecule has 0 amide bonds. The summed E-state index contributed by atoms with van der Waals surface area (Å²) in [4.78, 5) is 14.0. The first kappa shape index (κ1) is 17.3. The number of methoxy groups -OCH3 is 1. The lowest BCUT2D eigenvalue weighted by Crippen LogP contribution is -2.07. The highest BCUT2D eigenvalue weighted by Gasteiger charge is 2.22. The zero-order chi connectivity index (χ0) is 17.7. The number of nitro groups is 1. The number of ether oxygens (including phenoxy) is 2. The van der Waals surface area contributed by atoms with Crippen molar-refractivity contribution in [3.63, 3.8) is 0 Å². The lowest BCUT2D eigenvalue weighted by atomic mass is 10.2. The second kappa shape index (κ2) is 7.49. The zero-order valence-electron chi connectivity index (χ0n) is 12.3. The summed E-state index contributed by atoms with van der Waals surface area (Å²) < 4.78 is 46.9. The van der Waals surface area contributed by atoms with Crippen LogP contribution < -0.4 is 14.8 Å². The lowest BCUT2D eigenvalue weighted by molar-refractivity contribution is -0.386. The third kappa shape index (κ3) is 4.24. The molecule has 0 spiro atoms. The van der Waals surface area contributed by atoms with Gasteiger partial charge in [-0.15, -0.1) is 0 Å². The van der Waals surface area contributed by atoms with Crippen molar-refractivity contribution in [1.29, 1.82) is 0 Å². The molecule has 2 aromatic rings. The van der Waals surface area contributed by atoms with Gasteiger partial charge >= 0.3 is 12.3 Å². The monoisotopic (exact) mass is 343 g/mol. The average molecular weight is 343 g/mol. The van der Waals surface area contributed by atoms with E-state index in [1.165, 1.54) is 25.3 Å². The van der Waals surface area contributed by atoms with E-state index < -0.39 is 23.0 Å². The quantitative estimate of drug-likeness (QED) is 0.613. The van der Waals surface area contributed by atoms with Crippen LogP contribution in [0.4, 0.5) is 24.5 Å². The fourth-order valence-corrected chi connectivity index (χ4v) is 1.89. The van der Waals surface area contributed by atoms with Crippen LogP contribution in [-0.2, 0) is 6.54 Å². The van der Waals surface area contributed by atoms with Crippen molar-refractivity contribution in [2.45, 2.75) is 13.2 Å². The second-order valence-electron chi connectivity index (χ2n) is 4.48. The van der Waals surface area contributed by atoms with Crippen LogP contribution in [0.3, 0.4) is 0 Å². The van der Waals surface area contributed by atoms with E-state index in [-0.39, 0.29) is 23.7 Å². The first-order valence-corrected chi connectivity index (χ1v) is 6.56. The van der Waals surface area contributed by atoms with Crippen LogP contribution in [0.2, 0.25) is 0 Å². The number of benzene rings is 1. The second-order valence-corrected chi connectivity index (χ2v) is 4.48. The topological polar surface area (TPSA) is 86.5 Å². The number of hydrogen-bond acceptors (Lipinski definition) is 6. The van der Waals surface area contributed by atoms with Crippen molar-refractivity contribution in [3.8, 4) is 11.5 Å². The molecular formula is C14H12F3N3O4. The molecule has 2 rings (SSSR count). The minimum atomic E-state index is -2.96. The van der Waals surface area contributed by atoms with E-state index in [2.05, 4.69) is 15.0 Å². The molecule has 0 aliphatic heterocycles. The Morgan fingerprint density at radius 1 is 1.33 bits per heavy atom. The standard InChI is InChI=1S/C14H12F3N3O4/c1-23-10-4-11(15)13(20(21)22)12(5-10)19-6-8-2-3-9(7-18-8)24-14(16)17/h2-5,7,14,19H,6H2,1H3. The summed E-state index contributed by atoms with van der Waals surface area (Å²) >= 11 is 0. The molecule has 0 saturated heterocycles. The van der Waals surface area contributed by atoms with Crippen LogP contribution in [0.1, 0.15) is 5.69 Å². The Kier molecular flexibility index (Phi) is 5.40. The first-order chi connectivity index (χ1) is 11.4. The highest BCUT2D eigenvalue weighted by Crippen LogP contribution is 2.32. The summed E-state index contributed by atoms with van der Waals surface area (Å²) in [6.45, 7) is -2.96. The van der Waals surface area contributed by atoms with Gasteiger partial charge in [-0.3, -0.25) is 15.1 Å². The smallest absolute Gasteiger partial charge is 0.387 e. The zero-order valence-corrected chi connectivity index (χ0v) is 12.3. The molecule has 128 valence electrons. The van der Waals surface area contributed by atoms with Gasteiger partial charge in [-0.25, -0.2) is 0 Å². The number of halogens is 3. The van der Waals surface area contributed by atoms with E-state index in [1.807, 2.05) is 0 Å². The van der Waals surface area contributed by atoms with Crippen LogP contribution in [0.5, 0.6) is 11.5 Å². The number of hydrogen-bond donors (Lipinski definition) is 1. The maximum Gasteiger partial charge on any atom is 0.387 e. The highest BCUT2D eigenvalue weighted by molar-refractivity contribution is 5.65. The van der Waals surface area contributed by atoms with Gasteiger partial charge in [0.05, 0.1) is 30.5 Å². The molecule has 0 atom stereocenters. The molecule has 0 unspecified atom stereocenters. The molecule has 1 N–H and O–H groups in total. The van der Waals surface area contributed by atoms with Crippen molar-refractivity contribution in [2.75, 3.05) is 12.4 Å². The molecule has 0 saturated carbocycles. The van der Waals surface area contributed by atoms with Crippen molar-refractivity contribution < 1.29 is 27.6 Å². The molecule has 24 heavy (non-hydrogen) atoms. The lowest BCUT2D eigenvalue weighted by Gasteiger charge is -2.10. The van der Waals surface area contributed by atoms with Crippen LogP contribution in [0, 0.1) is 15.9 Å². The predicted octanol–water partition coefficient (Wildman–Crippen LogP) is 3.35. The number of nitro benzene ring substituents is 1. The fraction of sp³-hybridized carbons (Fsp3) is 0.214. The Bertz CT molecular complexity index is 726. The van der Waals surface area contributed by atoms with E-state index in [9.17, 15) is 23.3 Å². The van der Waals surface area contributed by atoms with Crippen molar-refractivity contribution in [1.82, 2.24) is 4.98 Å². The number of anilines is 1. The normalized spacial score (nSPS) is 10.5. The maximum atomic E-state index is 13.8. The first-order valence-electron chi connectivity index (χ1n) is 6.56. The molecule has 1 heterocycles. The van der Waals surface area contributed by atoms with Gasteiger partial charge in [-0.05, 0) is 12.1 Å². The number of aromatic nitrogens is 1. The predicted molar refractivity (Wildman–Crippen MR) is 77.8 cm³/mol. The molecule has 0 aliphatic rings. The minimum absolute atomic E-state index is 0.00239. The molecule has 0 aliphatic carbocycles. The Morgan fingerprint density at radius 3 is 2.62 bits per heavy atom. The summed E-state index contributed by atoms with van der Waals surface area (Å²) in [5.74, 6) is -1.06. The van der Waals surface area contributed by atoms with Crippen molar-refractivity contribution >= 4 is 11.4 Å². The van der Waals surface area contributed by atoms with Gasteiger partial charge in [0, 0.05) is 12.1 Å². The summed E-state index contributed by atoms with van der Waals surface area (Å²) in [7, 11) is 1.30. The van der Waals surface area contributed by atoms with Gasteiger partial charge in [0.1, 0.15) is 17.2 Å². The molecular weight excluding hydrogens is 331 g/mol. The van der Waals surface area contributed by atoms with E-state index >= 15 is 0 Å². The number of nitrogens with zero attached hydrogens (tertiary/aromatic N) is 2. The van der Waals surface area contributed by atoms with E-state index in [0.717, 1.165) is 12.3 Å². The SMILES string of the molecule is COc1cc(F)c([N+](=O)[O-])c(NCc2ccc(OC(F)F)cn2)c1. The molecule has 0 fully saturated rings. The number of rotatable bonds is 7. The third-order valence-electron chi connectivity index (χ3n) is 2.94. The summed E-state index contributed by atoms with van der Waals surface area (Å²) in [5.41, 5.74) is -0.436. The molecule has 7 nitrogen and oxygen atoms in total. The van der Waals surface area contributed by atoms with Crippen LogP contribution in [0.25, 0.3) is 0 Å². The number of alkyl halides is 2. The Balaban J connectivity index is 2.16. The largest absolute Gasteiger partial charge is 0.497 e. The third-order valence-corrected chi connectivity index (χ3v) is 2.94. The van der Waals surface area contributed by atoms with Gasteiger partial charge in [0.15, 0.2) is 0 Å². The van der Waals surface area contributed by atoms with Crippen LogP contribution >= 0.6 is 0 Å². The molecule has 1 aromatic carbocycles. The Morgan fingerprint density at radius 2 is 2.08 bits per heavy atom. The molecule has 0 bridgehead atoms. The van der Waals surface area contributed by atoms with Gasteiger partial charge < -0.3 is 14.8 Å². The van der Waals surface area contributed by atoms with E-state index in [0.29, 0.717) is 5.69 Å². The number of nitrogens with one attached hydrogen (secondary N) is 1. The van der Waals surface area contributed by atoms with Crippen LogP contribution in [-0.4, -0.2) is 23.6 Å². The van der Waals surface area contributed by atoms with E-state index in [4.69, 9.17) is 4.74 Å². The van der Waals surface area contributed by atoms with Gasteiger partial charge in [-0.2, -0.15) is 13.2 Å². The minimum Gasteiger partial charge on any atom is -0.497 e. The maximum absolute atomic E-state index is 13.8. The number of pyridine rings is 1. The van der Waals surface area contributed by atoms with Gasteiger partial charge in [0.2, 0.25) is 5.82 Å². The molecule has 0 radical (unpaired) electrons.